The lowest BCUT2D eigenvalue weighted by Crippen LogP contribution is -2.39. The molecule has 1 heterocycles. The molecule has 1 saturated heterocycles. The highest BCUT2D eigenvalue weighted by Gasteiger charge is 2.46. The minimum Gasteiger partial charge on any atom is -0.409 e. The Morgan fingerprint density at radius 2 is 1.64 bits per heavy atom. The summed E-state index contributed by atoms with van der Waals surface area (Å²) in [5, 5.41) is 11.5. The zero-order valence-electron chi connectivity index (χ0n) is 14.9. The Kier molecular flexibility index (Phi) is 5.35. The Hall–Kier alpha value is -1.97. The lowest BCUT2D eigenvalue weighted by atomic mass is 9.99. The average Bonchev–Trinajstić information content (AvgIpc) is 2.92. The molecular weight excluding hydrogens is 328 g/mol. The van der Waals surface area contributed by atoms with Crippen LogP contribution in [0.25, 0.3) is 0 Å². The van der Waals surface area contributed by atoms with Gasteiger partial charge in [0.05, 0.1) is 12.1 Å². The van der Waals surface area contributed by atoms with Gasteiger partial charge in [0, 0.05) is 6.54 Å². The first kappa shape index (κ1) is 17.8. The fourth-order valence-corrected chi connectivity index (χ4v) is 4.21. The predicted molar refractivity (Wildman–Crippen MR) is 99.9 cm³/mol. The van der Waals surface area contributed by atoms with E-state index in [-0.39, 0.29) is 12.1 Å². The molecule has 0 aliphatic carbocycles. The van der Waals surface area contributed by atoms with E-state index in [2.05, 4.69) is 50.0 Å². The van der Waals surface area contributed by atoms with Crippen LogP contribution in [0.5, 0.6) is 0 Å². The summed E-state index contributed by atoms with van der Waals surface area (Å²) in [7, 11) is -1.83. The van der Waals surface area contributed by atoms with Gasteiger partial charge in [-0.25, -0.2) is 0 Å². The number of benzene rings is 2. The highest BCUT2D eigenvalue weighted by Crippen LogP contribution is 2.38. The number of hydrogen-bond acceptors (Lipinski definition) is 4. The number of hydrogen-bond donors (Lipinski definition) is 0. The monoisotopic (exact) mass is 352 g/mol. The quantitative estimate of drug-likeness (QED) is 0.753. The maximum atomic E-state index is 9.62. The summed E-state index contributed by atoms with van der Waals surface area (Å²) >= 11 is 0. The molecule has 0 saturated carbocycles. The second-order valence-corrected chi connectivity index (χ2v) is 11.7. The van der Waals surface area contributed by atoms with Gasteiger partial charge in [0.25, 0.3) is 0 Å². The molecule has 1 fully saturated rings. The summed E-state index contributed by atoms with van der Waals surface area (Å²) in [6.45, 7) is 7.04. The van der Waals surface area contributed by atoms with Gasteiger partial charge in [0.2, 0.25) is 0 Å². The van der Waals surface area contributed by atoms with Gasteiger partial charge in [-0.1, -0.05) is 60.7 Å². The van der Waals surface area contributed by atoms with Crippen molar-refractivity contribution in [3.05, 3.63) is 71.8 Å². The van der Waals surface area contributed by atoms with E-state index in [4.69, 9.17) is 9.26 Å². The van der Waals surface area contributed by atoms with Gasteiger partial charge in [-0.2, -0.15) is 10.3 Å². The predicted octanol–water partition coefficient (Wildman–Crippen LogP) is 4.29. The topological polar surface area (TPSA) is 45.5 Å². The van der Waals surface area contributed by atoms with Crippen molar-refractivity contribution in [1.29, 1.82) is 5.26 Å². The smallest absolute Gasteiger partial charge is 0.192 e. The third kappa shape index (κ3) is 4.36. The molecule has 0 bridgehead atoms. The van der Waals surface area contributed by atoms with E-state index in [1.807, 2.05) is 41.5 Å². The molecule has 3 rings (SSSR count). The molecule has 2 aromatic carbocycles. The second-order valence-electron chi connectivity index (χ2n) is 7.27. The van der Waals surface area contributed by atoms with Crippen molar-refractivity contribution >= 4 is 8.32 Å². The van der Waals surface area contributed by atoms with E-state index >= 15 is 0 Å². The van der Waals surface area contributed by atoms with Crippen molar-refractivity contribution in [2.45, 2.75) is 44.4 Å². The van der Waals surface area contributed by atoms with E-state index in [0.29, 0.717) is 6.54 Å². The van der Waals surface area contributed by atoms with Crippen molar-refractivity contribution in [3.63, 3.8) is 0 Å². The molecular formula is C20H24N2O2Si. The van der Waals surface area contributed by atoms with Gasteiger partial charge >= 0.3 is 0 Å². The van der Waals surface area contributed by atoms with Crippen LogP contribution in [0.2, 0.25) is 19.6 Å². The summed E-state index contributed by atoms with van der Waals surface area (Å²) in [4.78, 5) is 6.01. The maximum Gasteiger partial charge on any atom is 0.192 e. The Morgan fingerprint density at radius 1 is 1.04 bits per heavy atom. The molecule has 1 aliphatic rings. The molecule has 0 N–H and O–H groups in total. The minimum absolute atomic E-state index is 0.0993. The average molecular weight is 353 g/mol. The van der Waals surface area contributed by atoms with Crippen molar-refractivity contribution in [1.82, 2.24) is 5.06 Å². The van der Waals surface area contributed by atoms with E-state index < -0.39 is 14.4 Å². The largest absolute Gasteiger partial charge is 0.409 e. The summed E-state index contributed by atoms with van der Waals surface area (Å²) < 4.78 is 6.39. The Bertz CT molecular complexity index is 725. The number of hydroxylamine groups is 2. The van der Waals surface area contributed by atoms with Crippen LogP contribution >= 0.6 is 0 Å². The van der Waals surface area contributed by atoms with Gasteiger partial charge in [0.15, 0.2) is 14.4 Å². The van der Waals surface area contributed by atoms with Crippen LogP contribution in [-0.2, 0) is 15.8 Å². The highest BCUT2D eigenvalue weighted by atomic mass is 28.4. The minimum atomic E-state index is -1.83. The van der Waals surface area contributed by atoms with Crippen LogP contribution in [0.4, 0.5) is 0 Å². The molecule has 0 radical (unpaired) electrons. The van der Waals surface area contributed by atoms with Gasteiger partial charge in [-0.15, -0.1) is 0 Å². The fourth-order valence-electron chi connectivity index (χ4n) is 3.14. The Labute approximate surface area is 150 Å². The van der Waals surface area contributed by atoms with E-state index in [1.165, 1.54) is 0 Å². The molecule has 1 aliphatic heterocycles. The molecule has 0 spiro atoms. The van der Waals surface area contributed by atoms with E-state index in [0.717, 1.165) is 11.1 Å². The lowest BCUT2D eigenvalue weighted by Gasteiger charge is -2.30. The molecule has 3 atom stereocenters. The third-order valence-electron chi connectivity index (χ3n) is 4.11. The van der Waals surface area contributed by atoms with Crippen LogP contribution in [0.15, 0.2) is 60.7 Å². The molecule has 0 aromatic heterocycles. The maximum absolute atomic E-state index is 9.62. The van der Waals surface area contributed by atoms with Crippen molar-refractivity contribution in [2.75, 3.05) is 0 Å². The van der Waals surface area contributed by atoms with Crippen molar-refractivity contribution in [2.24, 2.45) is 0 Å². The normalized spacial score (nSPS) is 24.2. The lowest BCUT2D eigenvalue weighted by molar-refractivity contribution is -0.158. The molecule has 25 heavy (non-hydrogen) atoms. The first-order chi connectivity index (χ1) is 12.0. The van der Waals surface area contributed by atoms with Crippen LogP contribution < -0.4 is 0 Å². The standard InChI is InChI=1S/C20H24N2O2Si/c1-25(2,3)24-20-18(14-21)23-22(15-16-10-6-4-7-11-16)19(20)17-12-8-5-9-13-17/h4-13,18-20H,15H2,1-3H3/t18-,19+,20+/m0/s1. The SMILES string of the molecule is C[Si](C)(C)O[C@@H]1[C@H](C#N)ON(Cc2ccccc2)[C@@H]1c1ccccc1. The highest BCUT2D eigenvalue weighted by molar-refractivity contribution is 6.69. The first-order valence-electron chi connectivity index (χ1n) is 8.58. The van der Waals surface area contributed by atoms with Gasteiger partial charge < -0.3 is 4.43 Å². The van der Waals surface area contributed by atoms with Crippen LogP contribution in [0.1, 0.15) is 17.2 Å². The summed E-state index contributed by atoms with van der Waals surface area (Å²) in [5.41, 5.74) is 2.26. The number of nitriles is 1. The number of nitrogens with zero attached hydrogens (tertiary/aromatic N) is 2. The summed E-state index contributed by atoms with van der Waals surface area (Å²) in [5.74, 6) is 0. The summed E-state index contributed by atoms with van der Waals surface area (Å²) in [6.07, 6.45) is -0.886. The molecule has 5 heteroatoms. The fraction of sp³-hybridized carbons (Fsp3) is 0.350. The summed E-state index contributed by atoms with van der Waals surface area (Å²) in [6, 6.07) is 22.5. The Balaban J connectivity index is 1.94. The van der Waals surface area contributed by atoms with Gasteiger partial charge in [-0.3, -0.25) is 4.84 Å². The Morgan fingerprint density at radius 3 is 2.20 bits per heavy atom. The van der Waals surface area contributed by atoms with Gasteiger partial charge in [0.1, 0.15) is 6.10 Å². The molecule has 0 unspecified atom stereocenters. The molecule has 130 valence electrons. The zero-order chi connectivity index (χ0) is 17.9. The van der Waals surface area contributed by atoms with Crippen molar-refractivity contribution < 1.29 is 9.26 Å². The molecule has 4 nitrogen and oxygen atoms in total. The van der Waals surface area contributed by atoms with Crippen LogP contribution in [0, 0.1) is 11.3 Å². The second kappa shape index (κ2) is 7.50. The zero-order valence-corrected chi connectivity index (χ0v) is 15.9. The van der Waals surface area contributed by atoms with Crippen molar-refractivity contribution in [3.8, 4) is 6.07 Å². The molecule has 2 aromatic rings. The number of rotatable bonds is 5. The van der Waals surface area contributed by atoms with E-state index in [1.54, 1.807) is 0 Å². The first-order valence-corrected chi connectivity index (χ1v) is 12.0. The molecule has 0 amide bonds. The third-order valence-corrected chi connectivity index (χ3v) is 5.09. The van der Waals surface area contributed by atoms with Gasteiger partial charge in [-0.05, 0) is 30.8 Å². The van der Waals surface area contributed by atoms with Crippen LogP contribution in [-0.4, -0.2) is 25.6 Å². The van der Waals surface area contributed by atoms with Crippen LogP contribution in [0.3, 0.4) is 0 Å². The van der Waals surface area contributed by atoms with E-state index in [9.17, 15) is 5.26 Å².